The first-order valence-corrected chi connectivity index (χ1v) is 20.4. The maximum absolute atomic E-state index is 11.2. The fourth-order valence-electron chi connectivity index (χ4n) is 4.60. The van der Waals surface area contributed by atoms with Crippen LogP contribution in [-0.2, 0) is 66.4 Å². The van der Waals surface area contributed by atoms with Crippen LogP contribution in [0, 0.1) is 0 Å². The molecular formula is C39H78O14. The van der Waals surface area contributed by atoms with E-state index < -0.39 is 0 Å². The predicted octanol–water partition coefficient (Wildman–Crippen LogP) is 5.06. The fraction of sp³-hybridized carbons (Fsp3) is 0.974. The van der Waals surface area contributed by atoms with Gasteiger partial charge in [0.15, 0.2) is 0 Å². The van der Waals surface area contributed by atoms with Crippen LogP contribution in [0.1, 0.15) is 84.5 Å². The van der Waals surface area contributed by atoms with Gasteiger partial charge in [-0.1, -0.05) is 64.7 Å². The van der Waals surface area contributed by atoms with E-state index in [0.717, 1.165) is 13.0 Å². The molecule has 318 valence electrons. The first kappa shape index (κ1) is 52.0. The number of hydrogen-bond donors (Lipinski definition) is 0. The third-order valence-corrected chi connectivity index (χ3v) is 7.49. The van der Waals surface area contributed by atoms with Crippen molar-refractivity contribution < 1.29 is 66.4 Å². The third-order valence-electron chi connectivity index (χ3n) is 7.49. The average Bonchev–Trinajstić information content (AvgIpc) is 3.16. The van der Waals surface area contributed by atoms with Crippen LogP contribution < -0.4 is 0 Å². The van der Waals surface area contributed by atoms with Gasteiger partial charge in [-0.15, -0.1) is 0 Å². The highest BCUT2D eigenvalue weighted by Crippen LogP contribution is 2.10. The summed E-state index contributed by atoms with van der Waals surface area (Å²) in [6.07, 6.45) is 13.6. The summed E-state index contributed by atoms with van der Waals surface area (Å²) in [4.78, 5) is 11.2. The van der Waals surface area contributed by atoms with Crippen molar-refractivity contribution >= 4 is 5.97 Å². The van der Waals surface area contributed by atoms with Crippen molar-refractivity contribution in [1.29, 1.82) is 0 Å². The van der Waals surface area contributed by atoms with Crippen LogP contribution in [0.2, 0.25) is 0 Å². The lowest BCUT2D eigenvalue weighted by atomic mass is 10.1. The Bertz CT molecular complexity index is 676. The molecule has 53 heavy (non-hydrogen) atoms. The lowest BCUT2D eigenvalue weighted by molar-refractivity contribution is -0.144. The molecule has 0 aliphatic rings. The highest BCUT2D eigenvalue weighted by atomic mass is 16.6. The minimum Gasteiger partial charge on any atom is -0.466 e. The molecule has 0 aliphatic carbocycles. The first-order valence-electron chi connectivity index (χ1n) is 20.4. The van der Waals surface area contributed by atoms with Gasteiger partial charge in [0, 0.05) is 6.61 Å². The van der Waals surface area contributed by atoms with Crippen molar-refractivity contribution in [1.82, 2.24) is 0 Å². The smallest absolute Gasteiger partial charge is 0.308 e. The van der Waals surface area contributed by atoms with Gasteiger partial charge in [0.1, 0.15) is 0 Å². The molecule has 0 aromatic heterocycles. The number of rotatable bonds is 48. The van der Waals surface area contributed by atoms with Crippen molar-refractivity contribution in [2.45, 2.75) is 84.5 Å². The van der Waals surface area contributed by atoms with Crippen LogP contribution in [0.3, 0.4) is 0 Å². The van der Waals surface area contributed by atoms with E-state index in [9.17, 15) is 4.79 Å². The van der Waals surface area contributed by atoms with E-state index in [1.165, 1.54) is 57.8 Å². The van der Waals surface area contributed by atoms with Gasteiger partial charge in [0.25, 0.3) is 0 Å². The van der Waals surface area contributed by atoms with Gasteiger partial charge < -0.3 is 61.6 Å². The van der Waals surface area contributed by atoms with E-state index in [0.29, 0.717) is 159 Å². The Morgan fingerprint density at radius 3 is 0.774 bits per heavy atom. The Hall–Kier alpha value is -1.01. The average molecular weight is 771 g/mol. The number of carbonyl (C=O) groups is 1. The van der Waals surface area contributed by atoms with Gasteiger partial charge >= 0.3 is 5.97 Å². The van der Waals surface area contributed by atoms with E-state index in [4.69, 9.17) is 61.6 Å². The molecule has 14 heteroatoms. The van der Waals surface area contributed by atoms with Gasteiger partial charge in [-0.2, -0.15) is 0 Å². The van der Waals surface area contributed by atoms with E-state index >= 15 is 0 Å². The molecule has 0 bridgehead atoms. The van der Waals surface area contributed by atoms with E-state index in [1.54, 1.807) is 6.92 Å². The highest BCUT2D eigenvalue weighted by molar-refractivity contribution is 5.69. The van der Waals surface area contributed by atoms with E-state index in [1.807, 2.05) is 0 Å². The van der Waals surface area contributed by atoms with Crippen molar-refractivity contribution in [2.75, 3.05) is 165 Å². The number of carbonyl (C=O) groups excluding carboxylic acids is 1. The van der Waals surface area contributed by atoms with Gasteiger partial charge in [0.05, 0.1) is 165 Å². The monoisotopic (exact) mass is 771 g/mol. The molecule has 0 saturated heterocycles. The normalized spacial score (nSPS) is 11.5. The molecule has 0 radical (unpaired) electrons. The molecule has 0 heterocycles. The van der Waals surface area contributed by atoms with Crippen LogP contribution in [0.4, 0.5) is 0 Å². The molecule has 0 aromatic rings. The summed E-state index contributed by atoms with van der Waals surface area (Å²) >= 11 is 0. The summed E-state index contributed by atoms with van der Waals surface area (Å²) in [6, 6.07) is 0. The van der Waals surface area contributed by atoms with Gasteiger partial charge in [-0.3, -0.25) is 4.79 Å². The van der Waals surface area contributed by atoms with Crippen molar-refractivity contribution in [3.05, 3.63) is 0 Å². The Labute approximate surface area is 321 Å². The van der Waals surface area contributed by atoms with Crippen LogP contribution >= 0.6 is 0 Å². The summed E-state index contributed by atoms with van der Waals surface area (Å²) in [7, 11) is 0. The molecule has 0 fully saturated rings. The Morgan fingerprint density at radius 1 is 0.283 bits per heavy atom. The minimum absolute atomic E-state index is 0.250. The van der Waals surface area contributed by atoms with Crippen molar-refractivity contribution in [3.8, 4) is 0 Å². The molecule has 0 N–H and O–H groups in total. The largest absolute Gasteiger partial charge is 0.466 e. The van der Waals surface area contributed by atoms with Crippen molar-refractivity contribution in [2.24, 2.45) is 0 Å². The number of esters is 1. The zero-order valence-corrected chi connectivity index (χ0v) is 33.7. The second-order valence-corrected chi connectivity index (χ2v) is 12.1. The number of unbranched alkanes of at least 4 members (excludes halogenated alkanes) is 9. The second kappa shape index (κ2) is 49.0. The Morgan fingerprint density at radius 2 is 0.509 bits per heavy atom. The summed E-state index contributed by atoms with van der Waals surface area (Å²) in [5.41, 5.74) is 0. The van der Waals surface area contributed by atoms with E-state index in [-0.39, 0.29) is 12.4 Å². The maximum Gasteiger partial charge on any atom is 0.308 e. The molecule has 0 aliphatic heterocycles. The zero-order chi connectivity index (χ0) is 38.2. The molecule has 0 aromatic carbocycles. The second-order valence-electron chi connectivity index (χ2n) is 12.1. The van der Waals surface area contributed by atoms with Gasteiger partial charge in [-0.05, 0) is 13.3 Å². The van der Waals surface area contributed by atoms with Crippen LogP contribution in [0.5, 0.6) is 0 Å². The topological polar surface area (TPSA) is 137 Å². The minimum atomic E-state index is -0.250. The van der Waals surface area contributed by atoms with Gasteiger partial charge in [-0.25, -0.2) is 0 Å². The Balaban J connectivity index is 3.06. The SMILES string of the molecule is CCCCCCCCCCCCOCCOCCOCCOCCOCCOCCOCCOCCOCCOCCOCCOCCC(=O)OCC. The summed E-state index contributed by atoms with van der Waals surface area (Å²) in [5.74, 6) is -0.250. The highest BCUT2D eigenvalue weighted by Gasteiger charge is 2.01. The summed E-state index contributed by atoms with van der Waals surface area (Å²) in [5, 5.41) is 0. The standard InChI is InChI=1S/C39H78O14/c1-3-5-6-7-8-9-10-11-12-13-15-41-17-19-43-21-23-45-25-27-47-29-31-49-33-35-51-37-38-52-36-34-50-32-30-48-28-26-46-24-22-44-20-18-42-16-14-39(40)53-4-2/h3-38H2,1-2H3. The molecular weight excluding hydrogens is 692 g/mol. The van der Waals surface area contributed by atoms with E-state index in [2.05, 4.69) is 6.92 Å². The maximum atomic E-state index is 11.2. The zero-order valence-electron chi connectivity index (χ0n) is 33.7. The van der Waals surface area contributed by atoms with Crippen LogP contribution in [-0.4, -0.2) is 171 Å². The summed E-state index contributed by atoms with van der Waals surface area (Å²) < 4.78 is 70.7. The van der Waals surface area contributed by atoms with Crippen LogP contribution in [0.15, 0.2) is 0 Å². The molecule has 0 saturated carbocycles. The molecule has 0 rings (SSSR count). The quantitative estimate of drug-likeness (QED) is 0.0602. The van der Waals surface area contributed by atoms with Crippen LogP contribution in [0.25, 0.3) is 0 Å². The molecule has 0 spiro atoms. The third kappa shape index (κ3) is 49.0. The lowest BCUT2D eigenvalue weighted by Gasteiger charge is -2.09. The number of hydrogen-bond acceptors (Lipinski definition) is 14. The molecule has 0 amide bonds. The number of ether oxygens (including phenoxy) is 13. The Kier molecular flexibility index (Phi) is 48.1. The molecule has 0 unspecified atom stereocenters. The first-order chi connectivity index (χ1) is 26.3. The lowest BCUT2D eigenvalue weighted by Crippen LogP contribution is -2.15. The van der Waals surface area contributed by atoms with Crippen molar-refractivity contribution in [3.63, 3.8) is 0 Å². The predicted molar refractivity (Wildman–Crippen MR) is 203 cm³/mol. The fourth-order valence-corrected chi connectivity index (χ4v) is 4.60. The summed E-state index contributed by atoms with van der Waals surface area (Å²) in [6.45, 7) is 16.9. The van der Waals surface area contributed by atoms with Gasteiger partial charge in [0.2, 0.25) is 0 Å². The molecule has 0 atom stereocenters. The molecule has 14 nitrogen and oxygen atoms in total.